The Morgan fingerprint density at radius 3 is 2.67 bits per heavy atom. The molecule has 116 valence electrons. The van der Waals surface area contributed by atoms with E-state index >= 15 is 0 Å². The van der Waals surface area contributed by atoms with E-state index in [2.05, 4.69) is 0 Å². The number of aliphatic hydroxyl groups is 1. The summed E-state index contributed by atoms with van der Waals surface area (Å²) in [5, 5.41) is 9.55. The van der Waals surface area contributed by atoms with Gasteiger partial charge in [0.2, 0.25) is 0 Å². The number of hydrogen-bond acceptors (Lipinski definition) is 5. The Hall–Kier alpha value is -2.12. The van der Waals surface area contributed by atoms with E-state index in [0.717, 1.165) is 0 Å². The molecular formula is C14H20N2O5. The fourth-order valence-corrected chi connectivity index (χ4v) is 1.71. The SMILES string of the molecule is COCC(O)CN(C)C(=O)COc1ccccc1C(N)=O. The van der Waals surface area contributed by atoms with E-state index in [1.54, 1.807) is 25.2 Å². The van der Waals surface area contributed by atoms with Crippen molar-refractivity contribution in [3.05, 3.63) is 29.8 Å². The highest BCUT2D eigenvalue weighted by molar-refractivity contribution is 5.95. The lowest BCUT2D eigenvalue weighted by molar-refractivity contribution is -0.133. The second-order valence-electron chi connectivity index (χ2n) is 4.53. The Bertz CT molecular complexity index is 492. The standard InChI is InChI=1S/C14H20N2O5/c1-16(7-10(17)8-20-2)13(18)9-21-12-6-4-3-5-11(12)14(15)19/h3-6,10,17H,7-9H2,1-2H3,(H2,15,19). The third-order valence-electron chi connectivity index (χ3n) is 2.77. The van der Waals surface area contributed by atoms with Crippen molar-refractivity contribution in [2.24, 2.45) is 5.73 Å². The van der Waals surface area contributed by atoms with Gasteiger partial charge in [-0.2, -0.15) is 0 Å². The molecule has 0 fully saturated rings. The van der Waals surface area contributed by atoms with Crippen molar-refractivity contribution in [2.75, 3.05) is 33.9 Å². The Labute approximate surface area is 123 Å². The average molecular weight is 296 g/mol. The molecule has 0 heterocycles. The summed E-state index contributed by atoms with van der Waals surface area (Å²) < 4.78 is 10.1. The number of carbonyl (C=O) groups is 2. The van der Waals surface area contributed by atoms with Crippen LogP contribution < -0.4 is 10.5 Å². The number of primary amides is 1. The summed E-state index contributed by atoms with van der Waals surface area (Å²) in [6.45, 7) is 0.0248. The molecule has 1 aromatic carbocycles. The molecule has 0 aliphatic carbocycles. The van der Waals surface area contributed by atoms with E-state index in [-0.39, 0.29) is 37.0 Å². The zero-order chi connectivity index (χ0) is 15.8. The molecule has 0 saturated heterocycles. The minimum atomic E-state index is -0.762. The number of amides is 2. The van der Waals surface area contributed by atoms with Crippen molar-refractivity contribution in [3.8, 4) is 5.75 Å². The molecule has 0 spiro atoms. The molecule has 0 aromatic heterocycles. The van der Waals surface area contributed by atoms with Gasteiger partial charge in [0.25, 0.3) is 11.8 Å². The first-order valence-corrected chi connectivity index (χ1v) is 6.38. The number of carbonyl (C=O) groups excluding carboxylic acids is 2. The van der Waals surface area contributed by atoms with Gasteiger partial charge in [-0.15, -0.1) is 0 Å². The largest absolute Gasteiger partial charge is 0.483 e. The van der Waals surface area contributed by atoms with E-state index in [1.807, 2.05) is 0 Å². The lowest BCUT2D eigenvalue weighted by Gasteiger charge is -2.20. The average Bonchev–Trinajstić information content (AvgIpc) is 2.45. The molecule has 7 heteroatoms. The Morgan fingerprint density at radius 2 is 2.05 bits per heavy atom. The van der Waals surface area contributed by atoms with Crippen LogP contribution >= 0.6 is 0 Å². The Morgan fingerprint density at radius 1 is 1.38 bits per heavy atom. The zero-order valence-corrected chi connectivity index (χ0v) is 12.1. The molecule has 7 nitrogen and oxygen atoms in total. The monoisotopic (exact) mass is 296 g/mol. The fourth-order valence-electron chi connectivity index (χ4n) is 1.71. The van der Waals surface area contributed by atoms with Crippen LogP contribution in [0.25, 0.3) is 0 Å². The number of nitrogens with two attached hydrogens (primary N) is 1. The van der Waals surface area contributed by atoms with E-state index < -0.39 is 12.0 Å². The number of nitrogens with zero attached hydrogens (tertiary/aromatic N) is 1. The molecular weight excluding hydrogens is 276 g/mol. The van der Waals surface area contributed by atoms with E-state index in [1.165, 1.54) is 18.1 Å². The quantitative estimate of drug-likeness (QED) is 0.681. The summed E-state index contributed by atoms with van der Waals surface area (Å²) in [6, 6.07) is 6.42. The lowest BCUT2D eigenvalue weighted by atomic mass is 10.2. The summed E-state index contributed by atoms with van der Waals surface area (Å²) >= 11 is 0. The van der Waals surface area contributed by atoms with Crippen molar-refractivity contribution < 1.29 is 24.2 Å². The Kier molecular flexibility index (Phi) is 6.64. The molecule has 21 heavy (non-hydrogen) atoms. The number of methoxy groups -OCH3 is 1. The molecule has 0 saturated carbocycles. The van der Waals surface area contributed by atoms with Gasteiger partial charge in [0.1, 0.15) is 5.75 Å². The lowest BCUT2D eigenvalue weighted by Crippen LogP contribution is -2.38. The summed E-state index contributed by atoms with van der Waals surface area (Å²) in [5.41, 5.74) is 5.43. The van der Waals surface area contributed by atoms with Crippen LogP contribution in [-0.2, 0) is 9.53 Å². The van der Waals surface area contributed by atoms with Crippen molar-refractivity contribution in [2.45, 2.75) is 6.10 Å². The van der Waals surface area contributed by atoms with Gasteiger partial charge in [-0.1, -0.05) is 12.1 Å². The maximum atomic E-state index is 11.9. The number of benzene rings is 1. The Balaban J connectivity index is 2.55. The zero-order valence-electron chi connectivity index (χ0n) is 12.1. The van der Waals surface area contributed by atoms with Gasteiger partial charge in [0.05, 0.1) is 18.3 Å². The van der Waals surface area contributed by atoms with Crippen LogP contribution in [0.2, 0.25) is 0 Å². The highest BCUT2D eigenvalue weighted by atomic mass is 16.5. The maximum Gasteiger partial charge on any atom is 0.260 e. The molecule has 0 bridgehead atoms. The second-order valence-corrected chi connectivity index (χ2v) is 4.53. The van der Waals surface area contributed by atoms with Gasteiger partial charge >= 0.3 is 0 Å². The molecule has 3 N–H and O–H groups in total. The summed E-state index contributed by atoms with van der Waals surface area (Å²) in [6.07, 6.45) is -0.762. The van der Waals surface area contributed by atoms with Crippen molar-refractivity contribution in [1.29, 1.82) is 0 Å². The third kappa shape index (κ3) is 5.41. The van der Waals surface area contributed by atoms with Gasteiger partial charge in [-0.3, -0.25) is 9.59 Å². The first-order valence-electron chi connectivity index (χ1n) is 6.38. The van der Waals surface area contributed by atoms with E-state index in [0.29, 0.717) is 0 Å². The van der Waals surface area contributed by atoms with Crippen LogP contribution in [0, 0.1) is 0 Å². The molecule has 0 aliphatic heterocycles. The fraction of sp³-hybridized carbons (Fsp3) is 0.429. The van der Waals surface area contributed by atoms with E-state index in [4.69, 9.17) is 15.2 Å². The van der Waals surface area contributed by atoms with Gasteiger partial charge in [-0.25, -0.2) is 0 Å². The normalized spacial score (nSPS) is 11.8. The van der Waals surface area contributed by atoms with Crippen LogP contribution in [0.15, 0.2) is 24.3 Å². The van der Waals surface area contributed by atoms with Crippen molar-refractivity contribution in [1.82, 2.24) is 4.90 Å². The maximum absolute atomic E-state index is 11.9. The molecule has 1 rings (SSSR count). The molecule has 2 amide bonds. The predicted molar refractivity (Wildman–Crippen MR) is 76.0 cm³/mol. The molecule has 1 unspecified atom stereocenters. The van der Waals surface area contributed by atoms with Crippen molar-refractivity contribution in [3.63, 3.8) is 0 Å². The van der Waals surface area contributed by atoms with Crippen LogP contribution in [0.5, 0.6) is 5.75 Å². The minimum absolute atomic E-state index is 0.132. The molecule has 1 aromatic rings. The van der Waals surface area contributed by atoms with E-state index in [9.17, 15) is 14.7 Å². The highest BCUT2D eigenvalue weighted by Gasteiger charge is 2.15. The van der Waals surface area contributed by atoms with Crippen LogP contribution in [0.3, 0.4) is 0 Å². The third-order valence-corrected chi connectivity index (χ3v) is 2.77. The first-order chi connectivity index (χ1) is 9.95. The van der Waals surface area contributed by atoms with Crippen LogP contribution in [-0.4, -0.2) is 61.8 Å². The van der Waals surface area contributed by atoms with Gasteiger partial charge in [-0.05, 0) is 12.1 Å². The second kappa shape index (κ2) is 8.23. The number of rotatable bonds is 8. The van der Waals surface area contributed by atoms with Crippen molar-refractivity contribution >= 4 is 11.8 Å². The molecule has 0 aliphatic rings. The topological polar surface area (TPSA) is 102 Å². The minimum Gasteiger partial charge on any atom is -0.483 e. The number of likely N-dealkylation sites (N-methyl/N-ethyl adjacent to an activating group) is 1. The number of hydrogen-bond donors (Lipinski definition) is 2. The number of aliphatic hydroxyl groups excluding tert-OH is 1. The van der Waals surface area contributed by atoms with Crippen LogP contribution in [0.4, 0.5) is 0 Å². The number of para-hydroxylation sites is 1. The summed E-state index contributed by atoms with van der Waals surface area (Å²) in [5.74, 6) is -0.699. The van der Waals surface area contributed by atoms with Crippen LogP contribution in [0.1, 0.15) is 10.4 Å². The smallest absolute Gasteiger partial charge is 0.260 e. The summed E-state index contributed by atoms with van der Waals surface area (Å²) in [7, 11) is 3.01. The molecule has 1 atom stereocenters. The predicted octanol–water partition coefficient (Wildman–Crippen LogP) is -0.370. The number of ether oxygens (including phenoxy) is 2. The first kappa shape index (κ1) is 16.9. The van der Waals surface area contributed by atoms with Gasteiger partial charge in [0.15, 0.2) is 6.61 Å². The highest BCUT2D eigenvalue weighted by Crippen LogP contribution is 2.17. The summed E-state index contributed by atoms with van der Waals surface area (Å²) in [4.78, 5) is 24.4. The van der Waals surface area contributed by atoms with Gasteiger partial charge in [0, 0.05) is 20.7 Å². The van der Waals surface area contributed by atoms with Gasteiger partial charge < -0.3 is 25.2 Å². The molecule has 0 radical (unpaired) electrons.